The van der Waals surface area contributed by atoms with E-state index in [0.29, 0.717) is 19.6 Å². The summed E-state index contributed by atoms with van der Waals surface area (Å²) in [6, 6.07) is 3.87. The molecule has 1 aliphatic rings. The number of carbonyl (C=O) groups excluding carboxylic acids is 1. The zero-order valence-corrected chi connectivity index (χ0v) is 15.0. The van der Waals surface area contributed by atoms with Gasteiger partial charge in [-0.3, -0.25) is 9.88 Å². The average Bonchev–Trinajstić information content (AvgIpc) is 2.55. The van der Waals surface area contributed by atoms with Crippen molar-refractivity contribution in [1.29, 1.82) is 0 Å². The fraction of sp³-hybridized carbons (Fsp3) is 0.667. The van der Waals surface area contributed by atoms with Gasteiger partial charge in [-0.05, 0) is 23.5 Å². The molecule has 6 nitrogen and oxygen atoms in total. The van der Waals surface area contributed by atoms with Crippen molar-refractivity contribution >= 4 is 6.03 Å². The predicted octanol–water partition coefficient (Wildman–Crippen LogP) is 1.88. The largest absolute Gasteiger partial charge is 0.395 e. The minimum absolute atomic E-state index is 0.0169. The van der Waals surface area contributed by atoms with E-state index >= 15 is 0 Å². The lowest BCUT2D eigenvalue weighted by atomic mass is 9.86. The number of aromatic nitrogens is 1. The summed E-state index contributed by atoms with van der Waals surface area (Å²) in [5.74, 6) is 0. The summed E-state index contributed by atoms with van der Waals surface area (Å²) in [5, 5.41) is 12.2. The monoisotopic (exact) mass is 334 g/mol. The molecule has 0 saturated carbocycles. The Morgan fingerprint density at radius 1 is 1.33 bits per heavy atom. The van der Waals surface area contributed by atoms with Crippen LogP contribution in [0.4, 0.5) is 4.79 Å². The first-order valence-electron chi connectivity index (χ1n) is 8.67. The van der Waals surface area contributed by atoms with Crippen molar-refractivity contribution in [2.45, 2.75) is 33.2 Å². The average molecular weight is 334 g/mol. The van der Waals surface area contributed by atoms with Crippen molar-refractivity contribution < 1.29 is 9.90 Å². The standard InChI is InChI=1S/C18H30N4O2/c1-18(2,3)13-16(15-5-4-6-19-14-15)20-17(24)22-9-7-21(8-10-22)11-12-23/h4-6,14,16,23H,7-13H2,1-3H3,(H,20,24)/t16-/m1/s1. The van der Waals surface area contributed by atoms with Gasteiger partial charge >= 0.3 is 6.03 Å². The lowest BCUT2D eigenvalue weighted by Gasteiger charge is -2.36. The second-order valence-corrected chi connectivity index (χ2v) is 7.61. The number of aliphatic hydroxyl groups excluding tert-OH is 1. The normalized spacial score (nSPS) is 17.6. The van der Waals surface area contributed by atoms with E-state index in [1.807, 2.05) is 23.2 Å². The maximum atomic E-state index is 12.7. The quantitative estimate of drug-likeness (QED) is 0.863. The summed E-state index contributed by atoms with van der Waals surface area (Å²) >= 11 is 0. The predicted molar refractivity (Wildman–Crippen MR) is 94.7 cm³/mol. The lowest BCUT2D eigenvalue weighted by molar-refractivity contribution is 0.119. The highest BCUT2D eigenvalue weighted by Crippen LogP contribution is 2.29. The Morgan fingerprint density at radius 2 is 2.04 bits per heavy atom. The molecule has 0 aliphatic carbocycles. The first-order chi connectivity index (χ1) is 11.4. The Balaban J connectivity index is 1.97. The van der Waals surface area contributed by atoms with E-state index in [0.717, 1.165) is 25.1 Å². The first kappa shape index (κ1) is 18.7. The highest BCUT2D eigenvalue weighted by Gasteiger charge is 2.26. The number of urea groups is 1. The molecule has 2 amide bonds. The van der Waals surface area contributed by atoms with E-state index in [4.69, 9.17) is 5.11 Å². The van der Waals surface area contributed by atoms with E-state index in [-0.39, 0.29) is 24.1 Å². The minimum atomic E-state index is -0.0401. The highest BCUT2D eigenvalue weighted by molar-refractivity contribution is 5.74. The van der Waals surface area contributed by atoms with E-state index in [1.54, 1.807) is 6.20 Å². The molecule has 0 unspecified atom stereocenters. The molecule has 0 radical (unpaired) electrons. The van der Waals surface area contributed by atoms with Crippen LogP contribution >= 0.6 is 0 Å². The van der Waals surface area contributed by atoms with Crippen molar-refractivity contribution in [2.75, 3.05) is 39.3 Å². The van der Waals surface area contributed by atoms with E-state index in [1.165, 1.54) is 0 Å². The molecule has 1 aromatic heterocycles. The molecule has 1 fully saturated rings. The van der Waals surface area contributed by atoms with Gasteiger partial charge in [-0.2, -0.15) is 0 Å². The second kappa shape index (κ2) is 8.44. The maximum absolute atomic E-state index is 12.7. The van der Waals surface area contributed by atoms with Gasteiger partial charge in [0.05, 0.1) is 12.6 Å². The van der Waals surface area contributed by atoms with Crippen LogP contribution in [-0.4, -0.2) is 65.3 Å². The molecular weight excluding hydrogens is 304 g/mol. The second-order valence-electron chi connectivity index (χ2n) is 7.61. The van der Waals surface area contributed by atoms with Crippen LogP contribution in [0.15, 0.2) is 24.5 Å². The third-order valence-corrected chi connectivity index (χ3v) is 4.28. The summed E-state index contributed by atoms with van der Waals surface area (Å²) in [6.07, 6.45) is 4.44. The number of hydrogen-bond acceptors (Lipinski definition) is 4. The van der Waals surface area contributed by atoms with Crippen molar-refractivity contribution in [3.63, 3.8) is 0 Å². The zero-order chi connectivity index (χ0) is 17.6. The van der Waals surface area contributed by atoms with Gasteiger partial charge in [0.25, 0.3) is 0 Å². The molecule has 1 saturated heterocycles. The summed E-state index contributed by atoms with van der Waals surface area (Å²) in [7, 11) is 0. The highest BCUT2D eigenvalue weighted by atomic mass is 16.3. The van der Waals surface area contributed by atoms with E-state index < -0.39 is 0 Å². The van der Waals surface area contributed by atoms with Crippen LogP contribution < -0.4 is 5.32 Å². The summed E-state index contributed by atoms with van der Waals surface area (Å²) in [5.41, 5.74) is 1.15. The van der Waals surface area contributed by atoms with Crippen molar-refractivity contribution in [3.05, 3.63) is 30.1 Å². The van der Waals surface area contributed by atoms with Crippen molar-refractivity contribution in [1.82, 2.24) is 20.1 Å². The number of carbonyl (C=O) groups is 1. The first-order valence-corrected chi connectivity index (χ1v) is 8.67. The minimum Gasteiger partial charge on any atom is -0.395 e. The lowest BCUT2D eigenvalue weighted by Crippen LogP contribution is -2.52. The Hall–Kier alpha value is -1.66. The van der Waals surface area contributed by atoms with Crippen LogP contribution in [0.3, 0.4) is 0 Å². The Bertz CT molecular complexity index is 508. The Labute approximate surface area is 144 Å². The molecule has 134 valence electrons. The number of nitrogens with zero attached hydrogens (tertiary/aromatic N) is 3. The van der Waals surface area contributed by atoms with Crippen LogP contribution in [0, 0.1) is 5.41 Å². The summed E-state index contributed by atoms with van der Waals surface area (Å²) < 4.78 is 0. The SMILES string of the molecule is CC(C)(C)C[C@@H](NC(=O)N1CCN(CCO)CC1)c1cccnc1. The van der Waals surface area contributed by atoms with Crippen LogP contribution in [-0.2, 0) is 0 Å². The fourth-order valence-electron chi connectivity index (χ4n) is 3.00. The van der Waals surface area contributed by atoms with Gasteiger partial charge in [0.1, 0.15) is 0 Å². The van der Waals surface area contributed by atoms with Gasteiger partial charge in [-0.1, -0.05) is 26.8 Å². The molecule has 2 rings (SSSR count). The third kappa shape index (κ3) is 5.76. The maximum Gasteiger partial charge on any atom is 0.317 e. The molecule has 0 spiro atoms. The van der Waals surface area contributed by atoms with Gasteiger partial charge in [-0.25, -0.2) is 4.79 Å². The van der Waals surface area contributed by atoms with E-state index in [2.05, 4.69) is 36.0 Å². The van der Waals surface area contributed by atoms with Gasteiger partial charge < -0.3 is 15.3 Å². The number of amides is 2. The fourth-order valence-corrected chi connectivity index (χ4v) is 3.00. The molecule has 24 heavy (non-hydrogen) atoms. The Kier molecular flexibility index (Phi) is 6.57. The molecule has 1 aromatic rings. The van der Waals surface area contributed by atoms with Crippen LogP contribution in [0.1, 0.15) is 38.8 Å². The third-order valence-electron chi connectivity index (χ3n) is 4.28. The summed E-state index contributed by atoms with van der Waals surface area (Å²) in [6.45, 7) is 10.4. The smallest absolute Gasteiger partial charge is 0.317 e. The zero-order valence-electron chi connectivity index (χ0n) is 15.0. The summed E-state index contributed by atoms with van der Waals surface area (Å²) in [4.78, 5) is 20.9. The molecule has 0 bridgehead atoms. The van der Waals surface area contributed by atoms with Crippen LogP contribution in [0.5, 0.6) is 0 Å². The number of hydrogen-bond donors (Lipinski definition) is 2. The van der Waals surface area contributed by atoms with Gasteiger partial charge in [0.2, 0.25) is 0 Å². The number of aliphatic hydroxyl groups is 1. The van der Waals surface area contributed by atoms with Gasteiger partial charge in [-0.15, -0.1) is 0 Å². The number of pyridine rings is 1. The molecule has 0 aromatic carbocycles. The number of rotatable bonds is 5. The molecule has 1 atom stereocenters. The van der Waals surface area contributed by atoms with Crippen molar-refractivity contribution in [2.24, 2.45) is 5.41 Å². The molecule has 2 heterocycles. The van der Waals surface area contributed by atoms with E-state index in [9.17, 15) is 4.79 Å². The van der Waals surface area contributed by atoms with Crippen molar-refractivity contribution in [3.8, 4) is 0 Å². The Morgan fingerprint density at radius 3 is 2.58 bits per heavy atom. The number of piperazine rings is 1. The van der Waals surface area contributed by atoms with Gasteiger partial charge in [0.15, 0.2) is 0 Å². The van der Waals surface area contributed by atoms with Crippen LogP contribution in [0.25, 0.3) is 0 Å². The molecule has 1 aliphatic heterocycles. The topological polar surface area (TPSA) is 68.7 Å². The van der Waals surface area contributed by atoms with Crippen LogP contribution in [0.2, 0.25) is 0 Å². The molecular formula is C18H30N4O2. The number of nitrogens with one attached hydrogen (secondary N) is 1. The molecule has 6 heteroatoms. The van der Waals surface area contributed by atoms with Gasteiger partial charge in [0, 0.05) is 45.1 Å². The number of β-amino-alcohol motifs (C(OH)–C–C–N with tert-alkyl or cyclic N) is 1. The molecule has 2 N–H and O–H groups in total.